The third-order valence-corrected chi connectivity index (χ3v) is 3.82. The minimum Gasteiger partial charge on any atom is -0.482 e. The van der Waals surface area contributed by atoms with Crippen LogP contribution in [-0.2, 0) is 16.0 Å². The number of carbonyl (C=O) groups is 2. The van der Waals surface area contributed by atoms with E-state index >= 15 is 0 Å². The van der Waals surface area contributed by atoms with Crippen molar-refractivity contribution in [1.82, 2.24) is 4.98 Å². The van der Waals surface area contributed by atoms with Crippen molar-refractivity contribution in [3.63, 3.8) is 0 Å². The van der Waals surface area contributed by atoms with Crippen LogP contribution in [0.2, 0.25) is 0 Å². The Bertz CT molecular complexity index is 773. The molecule has 0 radical (unpaired) electrons. The summed E-state index contributed by atoms with van der Waals surface area (Å²) in [5.74, 6) is 0.397. The molecular weight excluding hydrogens is 294 g/mol. The number of nitrogens with one attached hydrogen (secondary N) is 1. The molecule has 1 aliphatic rings. The largest absolute Gasteiger partial charge is 0.482 e. The third-order valence-electron chi connectivity index (χ3n) is 3.82. The monoisotopic (exact) mass is 311 g/mol. The number of nitrogens with zero attached hydrogens (tertiary/aromatic N) is 2. The first-order chi connectivity index (χ1) is 11.0. The van der Waals surface area contributed by atoms with E-state index in [0.29, 0.717) is 17.1 Å². The Balaban J connectivity index is 1.75. The average molecular weight is 311 g/mol. The maximum atomic E-state index is 12.2. The highest BCUT2D eigenvalue weighted by atomic mass is 16.5. The van der Waals surface area contributed by atoms with Gasteiger partial charge in [-0.1, -0.05) is 0 Å². The second-order valence-corrected chi connectivity index (χ2v) is 5.45. The molecule has 1 aromatic carbocycles. The number of fused-ring (bicyclic) bond motifs is 1. The first-order valence-electron chi connectivity index (χ1n) is 7.27. The van der Waals surface area contributed by atoms with Crippen LogP contribution < -0.4 is 15.0 Å². The number of hydrogen-bond donors (Lipinski definition) is 1. The van der Waals surface area contributed by atoms with Crippen molar-refractivity contribution in [3.05, 3.63) is 47.8 Å². The maximum absolute atomic E-state index is 12.2. The highest BCUT2D eigenvalue weighted by Crippen LogP contribution is 2.33. The number of benzene rings is 1. The molecule has 118 valence electrons. The number of pyridine rings is 1. The summed E-state index contributed by atoms with van der Waals surface area (Å²) in [4.78, 5) is 29.4. The van der Waals surface area contributed by atoms with Crippen LogP contribution in [0.1, 0.15) is 11.1 Å². The van der Waals surface area contributed by atoms with Gasteiger partial charge in [0, 0.05) is 25.1 Å². The van der Waals surface area contributed by atoms with Crippen LogP contribution >= 0.6 is 0 Å². The zero-order valence-corrected chi connectivity index (χ0v) is 13.0. The zero-order valence-electron chi connectivity index (χ0n) is 13.0. The molecule has 0 aliphatic carbocycles. The van der Waals surface area contributed by atoms with Crippen molar-refractivity contribution < 1.29 is 14.3 Å². The number of hydrogen-bond acceptors (Lipinski definition) is 4. The lowest BCUT2D eigenvalue weighted by Crippen LogP contribution is -2.35. The van der Waals surface area contributed by atoms with E-state index in [1.54, 1.807) is 37.6 Å². The summed E-state index contributed by atoms with van der Waals surface area (Å²) in [6.07, 6.45) is 3.68. The fraction of sp³-hybridized carbons (Fsp3) is 0.235. The molecule has 6 nitrogen and oxygen atoms in total. The van der Waals surface area contributed by atoms with E-state index in [1.807, 2.05) is 13.0 Å². The highest BCUT2D eigenvalue weighted by molar-refractivity contribution is 5.99. The molecule has 2 heterocycles. The molecule has 2 amide bonds. The van der Waals surface area contributed by atoms with E-state index in [2.05, 4.69) is 10.3 Å². The normalized spacial score (nSPS) is 13.3. The second kappa shape index (κ2) is 6.08. The molecule has 0 bridgehead atoms. The Morgan fingerprint density at radius 1 is 1.39 bits per heavy atom. The lowest BCUT2D eigenvalue weighted by atomic mass is 10.1. The lowest BCUT2D eigenvalue weighted by molar-refractivity contribution is -0.121. The van der Waals surface area contributed by atoms with Gasteiger partial charge in [-0.3, -0.25) is 14.6 Å². The first kappa shape index (κ1) is 15.0. The topological polar surface area (TPSA) is 71.5 Å². The molecule has 3 rings (SSSR count). The van der Waals surface area contributed by atoms with E-state index in [1.165, 1.54) is 4.90 Å². The summed E-state index contributed by atoms with van der Waals surface area (Å²) in [5, 5.41) is 2.85. The Labute approximate surface area is 134 Å². The predicted octanol–water partition coefficient (Wildman–Crippen LogP) is 1.93. The van der Waals surface area contributed by atoms with Crippen LogP contribution in [0.3, 0.4) is 0 Å². The number of anilines is 2. The molecule has 1 N–H and O–H groups in total. The molecule has 0 atom stereocenters. The molecule has 0 saturated heterocycles. The molecule has 0 saturated carbocycles. The smallest absolute Gasteiger partial charge is 0.264 e. The van der Waals surface area contributed by atoms with Gasteiger partial charge in [0.1, 0.15) is 5.75 Å². The fourth-order valence-electron chi connectivity index (χ4n) is 2.43. The molecule has 0 unspecified atom stereocenters. The summed E-state index contributed by atoms with van der Waals surface area (Å²) in [5.41, 5.74) is 3.20. The molecule has 6 heteroatoms. The van der Waals surface area contributed by atoms with Gasteiger partial charge in [0.05, 0.1) is 12.1 Å². The molecule has 0 spiro atoms. The van der Waals surface area contributed by atoms with Gasteiger partial charge in [0.25, 0.3) is 5.91 Å². The van der Waals surface area contributed by atoms with Gasteiger partial charge in [-0.25, -0.2) is 0 Å². The summed E-state index contributed by atoms with van der Waals surface area (Å²) >= 11 is 0. The lowest BCUT2D eigenvalue weighted by Gasteiger charge is -2.26. The van der Waals surface area contributed by atoms with Gasteiger partial charge in [0.2, 0.25) is 5.91 Å². The number of aromatic nitrogens is 1. The SMILES string of the molecule is Cc1cnccc1CC(=O)Nc1ccc2c(c1)N(C)C(=O)CO2. The Morgan fingerprint density at radius 3 is 3.00 bits per heavy atom. The number of rotatable bonds is 3. The van der Waals surface area contributed by atoms with Crippen LogP contribution in [0.15, 0.2) is 36.7 Å². The number of carbonyl (C=O) groups excluding carboxylic acids is 2. The minimum atomic E-state index is -0.120. The Hall–Kier alpha value is -2.89. The Morgan fingerprint density at radius 2 is 2.22 bits per heavy atom. The molecular formula is C17H17N3O3. The van der Waals surface area contributed by atoms with E-state index in [0.717, 1.165) is 11.1 Å². The minimum absolute atomic E-state index is 0.0382. The summed E-state index contributed by atoms with van der Waals surface area (Å²) in [6, 6.07) is 7.09. The van der Waals surface area contributed by atoms with Crippen molar-refractivity contribution >= 4 is 23.2 Å². The van der Waals surface area contributed by atoms with Crippen LogP contribution in [-0.4, -0.2) is 30.5 Å². The van der Waals surface area contributed by atoms with Crippen LogP contribution in [0.5, 0.6) is 5.75 Å². The van der Waals surface area contributed by atoms with Gasteiger partial charge < -0.3 is 15.0 Å². The fourth-order valence-corrected chi connectivity index (χ4v) is 2.43. The summed E-state index contributed by atoms with van der Waals surface area (Å²) in [6.45, 7) is 1.96. The zero-order chi connectivity index (χ0) is 16.4. The second-order valence-electron chi connectivity index (χ2n) is 5.45. The van der Waals surface area contributed by atoms with E-state index in [9.17, 15) is 9.59 Å². The van der Waals surface area contributed by atoms with Crippen molar-refractivity contribution in [1.29, 1.82) is 0 Å². The van der Waals surface area contributed by atoms with E-state index < -0.39 is 0 Å². The van der Waals surface area contributed by atoms with Crippen molar-refractivity contribution in [2.75, 3.05) is 23.9 Å². The van der Waals surface area contributed by atoms with E-state index in [-0.39, 0.29) is 24.8 Å². The quantitative estimate of drug-likeness (QED) is 0.940. The van der Waals surface area contributed by atoms with Gasteiger partial charge >= 0.3 is 0 Å². The molecule has 1 aliphatic heterocycles. The summed E-state index contributed by atoms with van der Waals surface area (Å²) in [7, 11) is 1.69. The van der Waals surface area contributed by atoms with Crippen LogP contribution in [0, 0.1) is 6.92 Å². The first-order valence-corrected chi connectivity index (χ1v) is 7.27. The van der Waals surface area contributed by atoms with Crippen molar-refractivity contribution in [2.24, 2.45) is 0 Å². The molecule has 2 aromatic rings. The number of likely N-dealkylation sites (N-methyl/N-ethyl adjacent to an activating group) is 1. The number of ether oxygens (including phenoxy) is 1. The summed E-state index contributed by atoms with van der Waals surface area (Å²) < 4.78 is 5.37. The molecule has 23 heavy (non-hydrogen) atoms. The standard InChI is InChI=1S/C17H17N3O3/c1-11-9-18-6-5-12(11)7-16(21)19-13-3-4-15-14(8-13)20(2)17(22)10-23-15/h3-6,8-9H,7,10H2,1-2H3,(H,19,21). The average Bonchev–Trinajstić information content (AvgIpc) is 2.54. The number of aryl methyl sites for hydroxylation is 1. The van der Waals surface area contributed by atoms with E-state index in [4.69, 9.17) is 4.74 Å². The molecule has 0 fully saturated rings. The van der Waals surface area contributed by atoms with Crippen LogP contribution in [0.4, 0.5) is 11.4 Å². The number of amides is 2. The third kappa shape index (κ3) is 3.15. The highest BCUT2D eigenvalue weighted by Gasteiger charge is 2.22. The van der Waals surface area contributed by atoms with Crippen LogP contribution in [0.25, 0.3) is 0 Å². The molecule has 1 aromatic heterocycles. The van der Waals surface area contributed by atoms with Crippen molar-refractivity contribution in [3.8, 4) is 5.75 Å². The Kier molecular flexibility index (Phi) is 3.97. The van der Waals surface area contributed by atoms with Gasteiger partial charge in [0.15, 0.2) is 6.61 Å². The maximum Gasteiger partial charge on any atom is 0.264 e. The van der Waals surface area contributed by atoms with Gasteiger partial charge in [-0.2, -0.15) is 0 Å². The van der Waals surface area contributed by atoms with Gasteiger partial charge in [-0.15, -0.1) is 0 Å². The van der Waals surface area contributed by atoms with Crippen molar-refractivity contribution in [2.45, 2.75) is 13.3 Å². The van der Waals surface area contributed by atoms with Gasteiger partial charge in [-0.05, 0) is 42.3 Å². The predicted molar refractivity (Wildman–Crippen MR) is 86.7 cm³/mol.